The topological polar surface area (TPSA) is 18.8 Å². The number of hydrogen-bond acceptors (Lipinski definition) is 3. The lowest BCUT2D eigenvalue weighted by Crippen LogP contribution is -2.45. The Labute approximate surface area is 203 Å². The van der Waals surface area contributed by atoms with Gasteiger partial charge in [-0.25, -0.2) is 0 Å². The summed E-state index contributed by atoms with van der Waals surface area (Å²) in [5.74, 6) is 0. The van der Waals surface area contributed by atoms with E-state index in [9.17, 15) is 0 Å². The average molecular weight is 448 g/mol. The van der Waals surface area contributed by atoms with Gasteiger partial charge in [0.25, 0.3) is 0 Å². The molecule has 33 heavy (non-hydrogen) atoms. The molecule has 0 unspecified atom stereocenters. The molecule has 2 fully saturated rings. The van der Waals surface area contributed by atoms with Gasteiger partial charge in [0.1, 0.15) is 0 Å². The standard InChI is InChI=1S/C30H45N3/c1-8-10-29(21-30(4,5)6)32-19-17-28(18-20-32)33(27-15-16-27)23(3)25-11-13-26(14-12-25)24(9-2)22-31-7/h9-14,22,27-28H,3,8,15-21H2,1-2,4-7H3/b24-9+,29-10+,31-22-. The first-order chi connectivity index (χ1) is 15.8. The molecule has 0 N–H and O–H groups in total. The Balaban J connectivity index is 1.69. The van der Waals surface area contributed by atoms with E-state index in [0.29, 0.717) is 17.5 Å². The monoisotopic (exact) mass is 447 g/mol. The Morgan fingerprint density at radius 2 is 1.64 bits per heavy atom. The van der Waals surface area contributed by atoms with Crippen LogP contribution in [0.1, 0.15) is 84.3 Å². The lowest BCUT2D eigenvalue weighted by atomic mass is 9.89. The molecule has 1 aromatic rings. The van der Waals surface area contributed by atoms with E-state index >= 15 is 0 Å². The zero-order valence-electron chi connectivity index (χ0n) is 21.9. The summed E-state index contributed by atoms with van der Waals surface area (Å²) in [7, 11) is 1.82. The summed E-state index contributed by atoms with van der Waals surface area (Å²) in [5.41, 5.74) is 6.69. The minimum absolute atomic E-state index is 0.328. The van der Waals surface area contributed by atoms with Crippen LogP contribution in [-0.2, 0) is 0 Å². The van der Waals surface area contributed by atoms with Crippen LogP contribution in [0.5, 0.6) is 0 Å². The molecule has 0 amide bonds. The van der Waals surface area contributed by atoms with Gasteiger partial charge in [0, 0.05) is 49.8 Å². The second kappa shape index (κ2) is 11.2. The van der Waals surface area contributed by atoms with Gasteiger partial charge >= 0.3 is 0 Å². The number of piperidine rings is 1. The summed E-state index contributed by atoms with van der Waals surface area (Å²) >= 11 is 0. The SMILES string of the molecule is C=C(c1ccc(C(/C=N\C)=C/C)cc1)N(C1CC1)C1CCN(/C(=C/CC)CC(C)(C)C)CC1. The molecule has 3 rings (SSSR count). The Hall–Kier alpha value is -2.29. The fourth-order valence-corrected chi connectivity index (χ4v) is 5.07. The molecular formula is C30H45N3. The van der Waals surface area contributed by atoms with Gasteiger partial charge < -0.3 is 9.80 Å². The van der Waals surface area contributed by atoms with E-state index in [1.807, 2.05) is 13.3 Å². The second-order valence-corrected chi connectivity index (χ2v) is 10.9. The van der Waals surface area contributed by atoms with Crippen molar-refractivity contribution in [2.24, 2.45) is 10.4 Å². The Morgan fingerprint density at radius 3 is 2.12 bits per heavy atom. The van der Waals surface area contributed by atoms with Crippen molar-refractivity contribution in [2.45, 2.75) is 85.2 Å². The zero-order chi connectivity index (χ0) is 24.0. The van der Waals surface area contributed by atoms with Crippen LogP contribution in [0.2, 0.25) is 0 Å². The van der Waals surface area contributed by atoms with Crippen LogP contribution in [0.4, 0.5) is 0 Å². The van der Waals surface area contributed by atoms with Gasteiger partial charge in [-0.1, -0.05) is 70.7 Å². The maximum absolute atomic E-state index is 4.58. The van der Waals surface area contributed by atoms with Gasteiger partial charge in [-0.2, -0.15) is 0 Å². The number of allylic oxidation sites excluding steroid dienone is 4. The molecule has 1 aliphatic carbocycles. The lowest BCUT2D eigenvalue weighted by Gasteiger charge is -2.43. The number of hydrogen-bond donors (Lipinski definition) is 0. The molecule has 0 aromatic heterocycles. The highest BCUT2D eigenvalue weighted by Gasteiger charge is 2.37. The molecule has 0 radical (unpaired) electrons. The van der Waals surface area contributed by atoms with E-state index in [1.165, 1.54) is 42.5 Å². The van der Waals surface area contributed by atoms with Crippen LogP contribution >= 0.6 is 0 Å². The van der Waals surface area contributed by atoms with Gasteiger partial charge in [0.2, 0.25) is 0 Å². The van der Waals surface area contributed by atoms with Crippen molar-refractivity contribution in [2.75, 3.05) is 20.1 Å². The van der Waals surface area contributed by atoms with E-state index in [0.717, 1.165) is 31.5 Å². The second-order valence-electron chi connectivity index (χ2n) is 10.9. The van der Waals surface area contributed by atoms with Crippen molar-refractivity contribution < 1.29 is 0 Å². The number of aliphatic imine (C=N–C) groups is 1. The molecule has 3 nitrogen and oxygen atoms in total. The molecule has 180 valence electrons. The first-order valence-corrected chi connectivity index (χ1v) is 12.9. The predicted molar refractivity (Wildman–Crippen MR) is 145 cm³/mol. The fraction of sp³-hybridized carbons (Fsp3) is 0.567. The first kappa shape index (κ1) is 25.3. The van der Waals surface area contributed by atoms with Crippen molar-refractivity contribution in [1.82, 2.24) is 9.80 Å². The van der Waals surface area contributed by atoms with Crippen LogP contribution in [-0.4, -0.2) is 48.2 Å². The molecule has 0 atom stereocenters. The molecular weight excluding hydrogens is 402 g/mol. The normalized spacial score (nSPS) is 18.8. The summed E-state index contributed by atoms with van der Waals surface area (Å²) in [4.78, 5) is 9.51. The summed E-state index contributed by atoms with van der Waals surface area (Å²) in [5, 5.41) is 0. The van der Waals surface area contributed by atoms with Crippen LogP contribution in [0.25, 0.3) is 11.3 Å². The summed E-state index contributed by atoms with van der Waals surface area (Å²) < 4.78 is 0. The quantitative estimate of drug-likeness (QED) is 0.367. The van der Waals surface area contributed by atoms with Crippen molar-refractivity contribution in [3.8, 4) is 0 Å². The smallest absolute Gasteiger partial charge is 0.0371 e. The maximum atomic E-state index is 4.58. The number of benzene rings is 1. The highest BCUT2D eigenvalue weighted by atomic mass is 15.2. The molecule has 1 saturated carbocycles. The highest BCUT2D eigenvalue weighted by Crippen LogP contribution is 2.39. The van der Waals surface area contributed by atoms with Gasteiger partial charge in [-0.05, 0) is 67.6 Å². The average Bonchev–Trinajstić information content (AvgIpc) is 3.62. The minimum atomic E-state index is 0.328. The van der Waals surface area contributed by atoms with Crippen molar-refractivity contribution in [3.05, 3.63) is 59.8 Å². The number of nitrogens with zero attached hydrogens (tertiary/aromatic N) is 3. The minimum Gasteiger partial charge on any atom is -0.375 e. The first-order valence-electron chi connectivity index (χ1n) is 12.9. The van der Waals surface area contributed by atoms with Crippen LogP contribution < -0.4 is 0 Å². The highest BCUT2D eigenvalue weighted by molar-refractivity contribution is 6.09. The molecule has 1 aromatic carbocycles. The third kappa shape index (κ3) is 6.85. The van der Waals surface area contributed by atoms with E-state index in [4.69, 9.17) is 0 Å². The van der Waals surface area contributed by atoms with E-state index in [1.54, 1.807) is 5.70 Å². The van der Waals surface area contributed by atoms with E-state index in [2.05, 4.69) is 92.4 Å². The molecule has 2 aliphatic rings. The zero-order valence-corrected chi connectivity index (χ0v) is 21.9. The van der Waals surface area contributed by atoms with Gasteiger partial charge in [-0.3, -0.25) is 4.99 Å². The van der Waals surface area contributed by atoms with Gasteiger partial charge in [0.05, 0.1) is 0 Å². The molecule has 1 heterocycles. The lowest BCUT2D eigenvalue weighted by molar-refractivity contribution is 0.159. The Morgan fingerprint density at radius 1 is 1.06 bits per heavy atom. The molecule has 0 bridgehead atoms. The fourth-order valence-electron chi connectivity index (χ4n) is 5.07. The summed E-state index contributed by atoms with van der Waals surface area (Å²) in [6.45, 7) is 18.3. The number of rotatable bonds is 9. The predicted octanol–water partition coefficient (Wildman–Crippen LogP) is 7.42. The Kier molecular flexibility index (Phi) is 8.62. The van der Waals surface area contributed by atoms with Crippen molar-refractivity contribution >= 4 is 17.5 Å². The Bertz CT molecular complexity index is 870. The number of likely N-dealkylation sites (tertiary alicyclic amines) is 1. The van der Waals surface area contributed by atoms with Crippen LogP contribution in [0.15, 0.2) is 53.7 Å². The maximum Gasteiger partial charge on any atom is 0.0371 e. The molecule has 1 aliphatic heterocycles. The summed E-state index contributed by atoms with van der Waals surface area (Å²) in [6, 6.07) is 10.2. The summed E-state index contributed by atoms with van der Waals surface area (Å²) in [6.07, 6.45) is 13.8. The molecule has 1 saturated heterocycles. The third-order valence-electron chi connectivity index (χ3n) is 6.80. The van der Waals surface area contributed by atoms with Crippen LogP contribution in [0.3, 0.4) is 0 Å². The largest absolute Gasteiger partial charge is 0.375 e. The third-order valence-corrected chi connectivity index (χ3v) is 6.80. The molecule has 0 spiro atoms. The van der Waals surface area contributed by atoms with E-state index < -0.39 is 0 Å². The molecule has 3 heteroatoms. The van der Waals surface area contributed by atoms with Crippen molar-refractivity contribution in [1.29, 1.82) is 0 Å². The van der Waals surface area contributed by atoms with E-state index in [-0.39, 0.29) is 0 Å². The van der Waals surface area contributed by atoms with Crippen LogP contribution in [0, 0.1) is 5.41 Å². The van der Waals surface area contributed by atoms with Gasteiger partial charge in [0.15, 0.2) is 0 Å². The van der Waals surface area contributed by atoms with Crippen molar-refractivity contribution in [3.63, 3.8) is 0 Å². The van der Waals surface area contributed by atoms with Gasteiger partial charge in [-0.15, -0.1) is 0 Å².